The van der Waals surface area contributed by atoms with Crippen LogP contribution in [0.5, 0.6) is 0 Å². The van der Waals surface area contributed by atoms with Crippen LogP contribution in [0.15, 0.2) is 42.5 Å². The first kappa shape index (κ1) is 23.3. The van der Waals surface area contributed by atoms with Gasteiger partial charge in [0.15, 0.2) is 0 Å². The number of nitrogens with one attached hydrogen (secondary N) is 2. The Morgan fingerprint density at radius 1 is 1.03 bits per heavy atom. The van der Waals surface area contributed by atoms with Crippen LogP contribution in [0.25, 0.3) is 0 Å². The lowest BCUT2D eigenvalue weighted by Crippen LogP contribution is -2.29. The van der Waals surface area contributed by atoms with Gasteiger partial charge in [0.05, 0.1) is 16.9 Å². The molecule has 0 bridgehead atoms. The molecule has 0 fully saturated rings. The second kappa shape index (κ2) is 10.1. The highest BCUT2D eigenvalue weighted by molar-refractivity contribution is 5.97. The standard InChI is InChI=1S/C22H26F3N3O2/c1-4-28(5-2)19-11-10-16(22(23,24)25)14-18(19)27-20(29)12-13-26-21(30)17-9-7-6-8-15(17)3/h6-11,14H,4-5,12-13H2,1-3H3,(H,26,30)(H,27,29). The van der Waals surface area contributed by atoms with E-state index in [-0.39, 0.29) is 24.6 Å². The summed E-state index contributed by atoms with van der Waals surface area (Å²) in [6, 6.07) is 10.4. The van der Waals surface area contributed by atoms with Crippen molar-refractivity contribution in [2.75, 3.05) is 29.9 Å². The van der Waals surface area contributed by atoms with Gasteiger partial charge in [-0.05, 0) is 50.6 Å². The van der Waals surface area contributed by atoms with Gasteiger partial charge >= 0.3 is 6.18 Å². The molecule has 8 heteroatoms. The SMILES string of the molecule is CCN(CC)c1ccc(C(F)(F)F)cc1NC(=O)CCNC(=O)c1ccccc1C. The Hall–Kier alpha value is -3.03. The third kappa shape index (κ3) is 5.98. The fourth-order valence-corrected chi connectivity index (χ4v) is 3.08. The number of hydrogen-bond donors (Lipinski definition) is 2. The van der Waals surface area contributed by atoms with Gasteiger partial charge in [0.25, 0.3) is 5.91 Å². The molecule has 162 valence electrons. The second-order valence-corrected chi connectivity index (χ2v) is 6.77. The normalized spacial score (nSPS) is 11.1. The van der Waals surface area contributed by atoms with E-state index in [4.69, 9.17) is 0 Å². The Kier molecular flexibility index (Phi) is 7.86. The number of alkyl halides is 3. The Labute approximate surface area is 174 Å². The van der Waals surface area contributed by atoms with E-state index in [2.05, 4.69) is 10.6 Å². The Bertz CT molecular complexity index is 893. The lowest BCUT2D eigenvalue weighted by molar-refractivity contribution is -0.137. The summed E-state index contributed by atoms with van der Waals surface area (Å²) in [6.07, 6.45) is -4.58. The zero-order valence-corrected chi connectivity index (χ0v) is 17.3. The summed E-state index contributed by atoms with van der Waals surface area (Å²) >= 11 is 0. The number of anilines is 2. The van der Waals surface area contributed by atoms with Crippen LogP contribution in [0.3, 0.4) is 0 Å². The second-order valence-electron chi connectivity index (χ2n) is 6.77. The van der Waals surface area contributed by atoms with Crippen molar-refractivity contribution in [2.24, 2.45) is 0 Å². The number of aryl methyl sites for hydroxylation is 1. The molecule has 2 amide bonds. The third-order valence-corrected chi connectivity index (χ3v) is 4.73. The molecule has 0 saturated heterocycles. The highest BCUT2D eigenvalue weighted by atomic mass is 19.4. The van der Waals surface area contributed by atoms with Crippen molar-refractivity contribution >= 4 is 23.2 Å². The molecule has 2 rings (SSSR count). The van der Waals surface area contributed by atoms with E-state index in [1.165, 1.54) is 6.07 Å². The molecule has 0 atom stereocenters. The van der Waals surface area contributed by atoms with E-state index in [9.17, 15) is 22.8 Å². The minimum absolute atomic E-state index is 0.0639. The topological polar surface area (TPSA) is 61.4 Å². The van der Waals surface area contributed by atoms with Crippen LogP contribution in [-0.2, 0) is 11.0 Å². The molecular weight excluding hydrogens is 395 g/mol. The fourth-order valence-electron chi connectivity index (χ4n) is 3.08. The monoisotopic (exact) mass is 421 g/mol. The van der Waals surface area contributed by atoms with Gasteiger partial charge in [0.1, 0.15) is 0 Å². The number of carbonyl (C=O) groups is 2. The van der Waals surface area contributed by atoms with Crippen molar-refractivity contribution in [3.05, 3.63) is 59.2 Å². The summed E-state index contributed by atoms with van der Waals surface area (Å²) in [7, 11) is 0. The van der Waals surface area contributed by atoms with Crippen LogP contribution >= 0.6 is 0 Å². The zero-order chi connectivity index (χ0) is 22.3. The molecule has 0 aromatic heterocycles. The van der Waals surface area contributed by atoms with Gasteiger partial charge in [-0.25, -0.2) is 0 Å². The summed E-state index contributed by atoms with van der Waals surface area (Å²) in [4.78, 5) is 26.4. The first-order valence-corrected chi connectivity index (χ1v) is 9.77. The molecule has 0 aliphatic heterocycles. The molecular formula is C22H26F3N3O2. The lowest BCUT2D eigenvalue weighted by Gasteiger charge is -2.25. The quantitative estimate of drug-likeness (QED) is 0.654. The Morgan fingerprint density at radius 3 is 2.30 bits per heavy atom. The molecule has 0 heterocycles. The van der Waals surface area contributed by atoms with E-state index in [0.29, 0.717) is 24.3 Å². The van der Waals surface area contributed by atoms with Gasteiger partial charge in [-0.3, -0.25) is 9.59 Å². The maximum atomic E-state index is 13.1. The van der Waals surface area contributed by atoms with Crippen LogP contribution in [-0.4, -0.2) is 31.4 Å². The molecule has 30 heavy (non-hydrogen) atoms. The molecule has 0 spiro atoms. The summed E-state index contributed by atoms with van der Waals surface area (Å²) in [5.74, 6) is -0.781. The van der Waals surface area contributed by atoms with Gasteiger partial charge < -0.3 is 15.5 Å². The number of hydrogen-bond acceptors (Lipinski definition) is 3. The number of benzene rings is 2. The highest BCUT2D eigenvalue weighted by Crippen LogP contribution is 2.35. The molecule has 2 aromatic carbocycles. The Morgan fingerprint density at radius 2 is 1.70 bits per heavy atom. The predicted octanol–water partition coefficient (Wildman–Crippen LogP) is 4.62. The van der Waals surface area contributed by atoms with Gasteiger partial charge in [-0.2, -0.15) is 13.2 Å². The van der Waals surface area contributed by atoms with Gasteiger partial charge in [0.2, 0.25) is 5.91 Å². The number of halogens is 3. The van der Waals surface area contributed by atoms with Crippen molar-refractivity contribution in [1.29, 1.82) is 0 Å². The largest absolute Gasteiger partial charge is 0.416 e. The summed E-state index contributed by atoms with van der Waals surface area (Å²) in [5, 5.41) is 5.23. The van der Waals surface area contributed by atoms with Crippen molar-refractivity contribution in [3.63, 3.8) is 0 Å². The van der Waals surface area contributed by atoms with E-state index in [0.717, 1.165) is 17.7 Å². The summed E-state index contributed by atoms with van der Waals surface area (Å²) in [5.41, 5.74) is 1.11. The number of nitrogens with zero attached hydrogens (tertiary/aromatic N) is 1. The average Bonchev–Trinajstić information content (AvgIpc) is 2.69. The third-order valence-electron chi connectivity index (χ3n) is 4.73. The number of rotatable bonds is 8. The van der Waals surface area contributed by atoms with Crippen LogP contribution in [0.1, 0.15) is 41.8 Å². The molecule has 2 aromatic rings. The van der Waals surface area contributed by atoms with E-state index < -0.39 is 17.6 Å². The van der Waals surface area contributed by atoms with Crippen LogP contribution in [0, 0.1) is 6.92 Å². The van der Waals surface area contributed by atoms with Crippen LogP contribution in [0.2, 0.25) is 0 Å². The van der Waals surface area contributed by atoms with Crippen LogP contribution < -0.4 is 15.5 Å². The van der Waals surface area contributed by atoms with E-state index >= 15 is 0 Å². The molecule has 0 saturated carbocycles. The molecule has 2 N–H and O–H groups in total. The van der Waals surface area contributed by atoms with Gasteiger partial charge in [-0.1, -0.05) is 18.2 Å². The molecule has 0 aliphatic rings. The predicted molar refractivity (Wildman–Crippen MR) is 112 cm³/mol. The van der Waals surface area contributed by atoms with Gasteiger partial charge in [0, 0.05) is 31.6 Å². The average molecular weight is 421 g/mol. The summed E-state index contributed by atoms with van der Waals surface area (Å²) < 4.78 is 39.3. The Balaban J connectivity index is 2.07. The first-order valence-electron chi connectivity index (χ1n) is 9.77. The summed E-state index contributed by atoms with van der Waals surface area (Å²) in [6.45, 7) is 6.80. The van der Waals surface area contributed by atoms with Crippen molar-refractivity contribution in [3.8, 4) is 0 Å². The van der Waals surface area contributed by atoms with Crippen molar-refractivity contribution < 1.29 is 22.8 Å². The molecule has 0 aliphatic carbocycles. The minimum atomic E-state index is -4.51. The minimum Gasteiger partial charge on any atom is -0.370 e. The molecule has 0 unspecified atom stereocenters. The maximum Gasteiger partial charge on any atom is 0.416 e. The molecule has 0 radical (unpaired) electrons. The first-order chi connectivity index (χ1) is 14.2. The number of carbonyl (C=O) groups excluding carboxylic acids is 2. The zero-order valence-electron chi connectivity index (χ0n) is 17.3. The maximum absolute atomic E-state index is 13.1. The highest BCUT2D eigenvalue weighted by Gasteiger charge is 2.31. The number of amides is 2. The van der Waals surface area contributed by atoms with E-state index in [1.807, 2.05) is 37.8 Å². The fraction of sp³-hybridized carbons (Fsp3) is 0.364. The van der Waals surface area contributed by atoms with Crippen molar-refractivity contribution in [2.45, 2.75) is 33.4 Å². The van der Waals surface area contributed by atoms with Crippen molar-refractivity contribution in [1.82, 2.24) is 5.32 Å². The van der Waals surface area contributed by atoms with E-state index in [1.54, 1.807) is 12.1 Å². The van der Waals surface area contributed by atoms with Gasteiger partial charge in [-0.15, -0.1) is 0 Å². The smallest absolute Gasteiger partial charge is 0.370 e. The molecule has 5 nitrogen and oxygen atoms in total. The van der Waals surface area contributed by atoms with Crippen LogP contribution in [0.4, 0.5) is 24.5 Å². The lowest BCUT2D eigenvalue weighted by atomic mass is 10.1.